The Kier molecular flexibility index (Phi) is 3.06. The topological polar surface area (TPSA) is 49.4 Å². The second-order valence-electron chi connectivity index (χ2n) is 5.08. The molecule has 0 saturated carbocycles. The van der Waals surface area contributed by atoms with Crippen LogP contribution < -0.4 is 5.32 Å². The Morgan fingerprint density at radius 3 is 2.63 bits per heavy atom. The molecule has 0 atom stereocenters. The first kappa shape index (κ1) is 12.3. The van der Waals surface area contributed by atoms with E-state index in [4.69, 9.17) is 0 Å². The van der Waals surface area contributed by atoms with E-state index in [9.17, 15) is 14.0 Å². The molecule has 1 aromatic carbocycles. The molecule has 1 N–H and O–H groups in total. The number of nitrogens with one attached hydrogen (secondary N) is 1. The van der Waals surface area contributed by atoms with Gasteiger partial charge in [-0.2, -0.15) is 0 Å². The minimum atomic E-state index is -0.608. The lowest BCUT2D eigenvalue weighted by molar-refractivity contribution is 0.0618. The van der Waals surface area contributed by atoms with Gasteiger partial charge in [0.05, 0.1) is 11.1 Å². The molecule has 4 nitrogen and oxygen atoms in total. The van der Waals surface area contributed by atoms with Gasteiger partial charge in [0.2, 0.25) is 0 Å². The van der Waals surface area contributed by atoms with E-state index in [1.54, 1.807) is 0 Å². The van der Waals surface area contributed by atoms with Crippen LogP contribution in [0.15, 0.2) is 18.2 Å². The minimum Gasteiger partial charge on any atom is -0.317 e. The van der Waals surface area contributed by atoms with Crippen molar-refractivity contribution in [2.45, 2.75) is 12.8 Å². The summed E-state index contributed by atoms with van der Waals surface area (Å²) in [5.41, 5.74) is 0.125. The molecule has 0 spiro atoms. The minimum absolute atomic E-state index is 0.0681. The number of hydrogen-bond acceptors (Lipinski definition) is 3. The van der Waals surface area contributed by atoms with Crippen LogP contribution in [0.1, 0.15) is 33.6 Å². The highest BCUT2D eigenvalue weighted by molar-refractivity contribution is 6.21. The summed E-state index contributed by atoms with van der Waals surface area (Å²) in [5.74, 6) is -1.15. The van der Waals surface area contributed by atoms with Gasteiger partial charge in [-0.3, -0.25) is 14.5 Å². The fourth-order valence-electron chi connectivity index (χ4n) is 2.78. The van der Waals surface area contributed by atoms with Gasteiger partial charge in [-0.1, -0.05) is 6.07 Å². The molecule has 0 unspecified atom stereocenters. The molecular weight excluding hydrogens is 247 g/mol. The predicted octanol–water partition coefficient (Wildman–Crippen LogP) is 1.42. The predicted molar refractivity (Wildman–Crippen MR) is 67.4 cm³/mol. The first-order valence-electron chi connectivity index (χ1n) is 6.54. The number of nitrogens with zero attached hydrogens (tertiary/aromatic N) is 1. The largest absolute Gasteiger partial charge is 0.317 e. The molecule has 0 aromatic heterocycles. The lowest BCUT2D eigenvalue weighted by atomic mass is 9.97. The zero-order valence-corrected chi connectivity index (χ0v) is 10.5. The van der Waals surface area contributed by atoms with Crippen molar-refractivity contribution in [3.63, 3.8) is 0 Å². The molecule has 1 aromatic rings. The molecule has 0 bridgehead atoms. The first-order chi connectivity index (χ1) is 9.18. The van der Waals surface area contributed by atoms with Crippen molar-refractivity contribution in [3.05, 3.63) is 35.1 Å². The number of rotatable bonds is 2. The highest BCUT2D eigenvalue weighted by atomic mass is 19.1. The molecular formula is C14H15FN2O2. The van der Waals surface area contributed by atoms with Gasteiger partial charge in [-0.25, -0.2) is 4.39 Å². The summed E-state index contributed by atoms with van der Waals surface area (Å²) in [4.78, 5) is 25.5. The normalized spacial score (nSPS) is 19.9. The van der Waals surface area contributed by atoms with Gasteiger partial charge in [0.25, 0.3) is 11.8 Å². The molecule has 100 valence electrons. The number of carbonyl (C=O) groups is 2. The van der Waals surface area contributed by atoms with E-state index in [0.717, 1.165) is 25.9 Å². The average molecular weight is 262 g/mol. The van der Waals surface area contributed by atoms with Gasteiger partial charge < -0.3 is 5.32 Å². The van der Waals surface area contributed by atoms with Gasteiger partial charge in [0.15, 0.2) is 0 Å². The Hall–Kier alpha value is -1.75. The molecule has 2 aliphatic heterocycles. The van der Waals surface area contributed by atoms with E-state index in [-0.39, 0.29) is 17.0 Å². The molecule has 1 fully saturated rings. The standard InChI is InChI=1S/C14H15FN2O2/c15-11-3-1-2-10-12(11)14(19)17(13(10)18)8-9-4-6-16-7-5-9/h1-3,9,16H,4-8H2. The maximum absolute atomic E-state index is 13.7. The number of carbonyl (C=O) groups excluding carboxylic acids is 2. The molecule has 0 radical (unpaired) electrons. The maximum atomic E-state index is 13.7. The molecule has 3 rings (SSSR count). The van der Waals surface area contributed by atoms with Gasteiger partial charge in [0, 0.05) is 6.54 Å². The van der Waals surface area contributed by atoms with Crippen molar-refractivity contribution in [2.24, 2.45) is 5.92 Å². The van der Waals surface area contributed by atoms with Gasteiger partial charge in [-0.05, 0) is 44.0 Å². The monoisotopic (exact) mass is 262 g/mol. The molecule has 2 heterocycles. The van der Waals surface area contributed by atoms with E-state index in [2.05, 4.69) is 5.32 Å². The second-order valence-corrected chi connectivity index (χ2v) is 5.08. The smallest absolute Gasteiger partial charge is 0.264 e. The van der Waals surface area contributed by atoms with Crippen molar-refractivity contribution >= 4 is 11.8 Å². The van der Waals surface area contributed by atoms with E-state index in [0.29, 0.717) is 12.5 Å². The molecule has 2 amide bonds. The summed E-state index contributed by atoms with van der Waals surface area (Å²) < 4.78 is 13.7. The quantitative estimate of drug-likeness (QED) is 0.820. The number of amides is 2. The number of imide groups is 1. The van der Waals surface area contributed by atoms with Crippen molar-refractivity contribution in [1.82, 2.24) is 10.2 Å². The summed E-state index contributed by atoms with van der Waals surface area (Å²) in [7, 11) is 0. The van der Waals surface area contributed by atoms with Crippen LogP contribution in [0.25, 0.3) is 0 Å². The third-order valence-electron chi connectivity index (χ3n) is 3.85. The van der Waals surface area contributed by atoms with Crippen LogP contribution in [0, 0.1) is 11.7 Å². The van der Waals surface area contributed by atoms with E-state index in [1.165, 1.54) is 23.1 Å². The third kappa shape index (κ3) is 2.04. The van der Waals surface area contributed by atoms with Crippen LogP contribution >= 0.6 is 0 Å². The van der Waals surface area contributed by atoms with E-state index >= 15 is 0 Å². The summed E-state index contributed by atoms with van der Waals surface area (Å²) in [6.07, 6.45) is 1.88. The Morgan fingerprint density at radius 1 is 1.21 bits per heavy atom. The lowest BCUT2D eigenvalue weighted by Gasteiger charge is -2.26. The van der Waals surface area contributed by atoms with Crippen LogP contribution in [-0.2, 0) is 0 Å². The summed E-state index contributed by atoms with van der Waals surface area (Å²) >= 11 is 0. The van der Waals surface area contributed by atoms with Gasteiger partial charge in [-0.15, -0.1) is 0 Å². The van der Waals surface area contributed by atoms with Crippen molar-refractivity contribution in [2.75, 3.05) is 19.6 Å². The van der Waals surface area contributed by atoms with Crippen molar-refractivity contribution in [3.8, 4) is 0 Å². The molecule has 5 heteroatoms. The van der Waals surface area contributed by atoms with Crippen LogP contribution in [-0.4, -0.2) is 36.3 Å². The summed E-state index contributed by atoms with van der Waals surface area (Å²) in [6.45, 7) is 2.21. The summed E-state index contributed by atoms with van der Waals surface area (Å²) in [6, 6.07) is 4.20. The maximum Gasteiger partial charge on any atom is 0.264 e. The van der Waals surface area contributed by atoms with Crippen LogP contribution in [0.4, 0.5) is 4.39 Å². The van der Waals surface area contributed by atoms with E-state index < -0.39 is 11.7 Å². The molecule has 1 saturated heterocycles. The number of hydrogen-bond donors (Lipinski definition) is 1. The first-order valence-corrected chi connectivity index (χ1v) is 6.54. The van der Waals surface area contributed by atoms with E-state index in [1.807, 2.05) is 0 Å². The Balaban J connectivity index is 1.84. The Bertz CT molecular complexity index is 538. The zero-order valence-electron chi connectivity index (χ0n) is 10.5. The molecule has 0 aliphatic carbocycles. The van der Waals surface area contributed by atoms with Gasteiger partial charge >= 0.3 is 0 Å². The molecule has 2 aliphatic rings. The third-order valence-corrected chi connectivity index (χ3v) is 3.85. The van der Waals surface area contributed by atoms with Crippen molar-refractivity contribution < 1.29 is 14.0 Å². The number of halogens is 1. The van der Waals surface area contributed by atoms with Crippen LogP contribution in [0.5, 0.6) is 0 Å². The van der Waals surface area contributed by atoms with Crippen molar-refractivity contribution in [1.29, 1.82) is 0 Å². The molecule has 19 heavy (non-hydrogen) atoms. The average Bonchev–Trinajstić information content (AvgIpc) is 2.66. The van der Waals surface area contributed by atoms with Crippen LogP contribution in [0.2, 0.25) is 0 Å². The zero-order chi connectivity index (χ0) is 13.4. The number of piperidine rings is 1. The Labute approximate surface area is 110 Å². The fraction of sp³-hybridized carbons (Fsp3) is 0.429. The fourth-order valence-corrected chi connectivity index (χ4v) is 2.78. The highest BCUT2D eigenvalue weighted by Gasteiger charge is 2.38. The van der Waals surface area contributed by atoms with Crippen LogP contribution in [0.3, 0.4) is 0 Å². The second kappa shape index (κ2) is 4.74. The highest BCUT2D eigenvalue weighted by Crippen LogP contribution is 2.27. The lowest BCUT2D eigenvalue weighted by Crippen LogP contribution is -2.39. The number of benzene rings is 1. The number of fused-ring (bicyclic) bond motifs is 1. The van der Waals surface area contributed by atoms with Gasteiger partial charge in [0.1, 0.15) is 5.82 Å². The Morgan fingerprint density at radius 2 is 1.95 bits per heavy atom. The SMILES string of the molecule is O=C1c2cccc(F)c2C(=O)N1CC1CCNCC1. The summed E-state index contributed by atoms with van der Waals surface area (Å²) in [5, 5.41) is 3.24.